The zero-order chi connectivity index (χ0) is 78.1. The minimum absolute atomic E-state index is 0.0572. The SMILES string of the molecule is COc1ccc(C(C)c2ccc(OC(=O)c3ccc(C(=O)Oc4ccc(Cc5ccc(OC(=O)c6ccc(C(=O)CCCCOc7ccc(Cc8ccccc8OC(=O)c8ccc(C(=O)Oc9ccccc9Cc9ccccc9OC(=O)c9ccc(C(C)=O)cc9)cc8)cc7)cc6)c(C)c5)cc4C)cc3)c(C)c2)cc1C. The number of esters is 6. The number of unbranched alkanes of at least 4 members (excludes halogenated alkanes) is 1. The summed E-state index contributed by atoms with van der Waals surface area (Å²) in [5, 5.41) is 0. The quantitative estimate of drug-likeness (QED) is 0.0185. The molecule has 0 N–H and O–H groups in total. The van der Waals surface area contributed by atoms with Gasteiger partial charge in [0, 0.05) is 36.3 Å². The lowest BCUT2D eigenvalue weighted by atomic mass is 9.91. The first-order chi connectivity index (χ1) is 53.7. The van der Waals surface area contributed by atoms with Crippen LogP contribution in [0.25, 0.3) is 0 Å². The second-order valence-corrected chi connectivity index (χ2v) is 27.1. The van der Waals surface area contributed by atoms with Crippen LogP contribution < -0.4 is 37.9 Å². The molecule has 0 saturated carbocycles. The molecule has 0 aromatic heterocycles. The Bertz CT molecular complexity index is 5450. The van der Waals surface area contributed by atoms with E-state index >= 15 is 0 Å². The smallest absolute Gasteiger partial charge is 0.343 e. The van der Waals surface area contributed by atoms with Gasteiger partial charge in [-0.15, -0.1) is 0 Å². The molecule has 0 bridgehead atoms. The largest absolute Gasteiger partial charge is 0.496 e. The van der Waals surface area contributed by atoms with Crippen molar-refractivity contribution in [1.82, 2.24) is 0 Å². The maximum atomic E-state index is 13.5. The third kappa shape index (κ3) is 20.0. The van der Waals surface area contributed by atoms with Crippen molar-refractivity contribution < 1.29 is 76.3 Å². The van der Waals surface area contributed by atoms with Crippen LogP contribution >= 0.6 is 0 Å². The van der Waals surface area contributed by atoms with Crippen LogP contribution in [0.2, 0.25) is 0 Å². The van der Waals surface area contributed by atoms with Crippen LogP contribution in [0.5, 0.6) is 46.0 Å². The van der Waals surface area contributed by atoms with Gasteiger partial charge in [-0.1, -0.05) is 146 Å². The predicted molar refractivity (Wildman–Crippen MR) is 422 cm³/mol. The number of para-hydroxylation sites is 3. The van der Waals surface area contributed by atoms with Crippen LogP contribution in [0, 0.1) is 27.7 Å². The molecule has 1 atom stereocenters. The van der Waals surface area contributed by atoms with Crippen LogP contribution in [-0.4, -0.2) is 61.1 Å². The zero-order valence-corrected chi connectivity index (χ0v) is 62.5. The second kappa shape index (κ2) is 35.9. The van der Waals surface area contributed by atoms with Gasteiger partial charge in [-0.2, -0.15) is 0 Å². The van der Waals surface area contributed by atoms with Gasteiger partial charge in [-0.05, 0) is 248 Å². The van der Waals surface area contributed by atoms with Crippen molar-refractivity contribution in [1.29, 1.82) is 0 Å². The van der Waals surface area contributed by atoms with Crippen molar-refractivity contribution in [2.24, 2.45) is 0 Å². The topological polar surface area (TPSA) is 210 Å². The van der Waals surface area contributed by atoms with Crippen LogP contribution in [0.4, 0.5) is 0 Å². The van der Waals surface area contributed by atoms with Crippen molar-refractivity contribution in [2.45, 2.75) is 86.0 Å². The summed E-state index contributed by atoms with van der Waals surface area (Å²) in [7, 11) is 1.66. The molecule has 0 aliphatic carbocycles. The lowest BCUT2D eigenvalue weighted by Gasteiger charge is -2.16. The average molecular weight is 1480 g/mol. The fourth-order valence-corrected chi connectivity index (χ4v) is 12.7. The Hall–Kier alpha value is -13.6. The molecule has 16 heteroatoms. The van der Waals surface area contributed by atoms with Crippen LogP contribution in [0.15, 0.2) is 267 Å². The highest BCUT2D eigenvalue weighted by Crippen LogP contribution is 2.34. The Morgan fingerprint density at radius 3 is 1.00 bits per heavy atom. The summed E-state index contributed by atoms with van der Waals surface area (Å²) in [5.74, 6) is 0.209. The molecule has 12 aromatic carbocycles. The molecule has 12 rings (SSSR count). The number of methoxy groups -OCH3 is 1. The van der Waals surface area contributed by atoms with E-state index in [-0.39, 0.29) is 51.7 Å². The average Bonchev–Trinajstić information content (AvgIpc) is 0.766. The van der Waals surface area contributed by atoms with Crippen molar-refractivity contribution in [3.63, 3.8) is 0 Å². The van der Waals surface area contributed by atoms with Gasteiger partial charge in [0.15, 0.2) is 11.6 Å². The van der Waals surface area contributed by atoms with Crippen molar-refractivity contribution in [3.05, 3.63) is 378 Å². The first kappa shape index (κ1) is 77.0. The molecular formula is C95H80O16. The van der Waals surface area contributed by atoms with E-state index in [1.807, 2.05) is 131 Å². The highest BCUT2D eigenvalue weighted by Gasteiger charge is 2.22. The number of hydrogen-bond donors (Lipinski definition) is 0. The highest BCUT2D eigenvalue weighted by atomic mass is 16.6. The molecule has 0 aliphatic heterocycles. The van der Waals surface area contributed by atoms with Gasteiger partial charge >= 0.3 is 35.8 Å². The lowest BCUT2D eigenvalue weighted by molar-refractivity contribution is 0.0719. The first-order valence-corrected chi connectivity index (χ1v) is 36.4. The third-order valence-electron chi connectivity index (χ3n) is 19.1. The fourth-order valence-electron chi connectivity index (χ4n) is 12.7. The molecule has 556 valence electrons. The Kier molecular flexibility index (Phi) is 24.9. The number of ketones is 2. The second-order valence-electron chi connectivity index (χ2n) is 27.1. The highest BCUT2D eigenvalue weighted by molar-refractivity contribution is 5.99. The molecule has 16 nitrogen and oxygen atoms in total. The maximum absolute atomic E-state index is 13.5. The normalized spacial score (nSPS) is 11.2. The van der Waals surface area contributed by atoms with Gasteiger partial charge < -0.3 is 37.9 Å². The van der Waals surface area contributed by atoms with E-state index in [0.717, 1.165) is 61.4 Å². The molecule has 111 heavy (non-hydrogen) atoms. The van der Waals surface area contributed by atoms with E-state index in [2.05, 4.69) is 19.1 Å². The van der Waals surface area contributed by atoms with E-state index in [0.29, 0.717) is 107 Å². The third-order valence-corrected chi connectivity index (χ3v) is 19.1. The summed E-state index contributed by atoms with van der Waals surface area (Å²) in [6, 6.07) is 77.0. The number of hydrogen-bond acceptors (Lipinski definition) is 16. The first-order valence-electron chi connectivity index (χ1n) is 36.4. The van der Waals surface area contributed by atoms with Crippen LogP contribution in [0.1, 0.15) is 189 Å². The number of benzene rings is 12. The molecule has 0 spiro atoms. The summed E-state index contributed by atoms with van der Waals surface area (Å²) >= 11 is 0. The molecule has 0 heterocycles. The Morgan fingerprint density at radius 1 is 0.306 bits per heavy atom. The van der Waals surface area contributed by atoms with E-state index < -0.39 is 35.8 Å². The van der Waals surface area contributed by atoms with Gasteiger partial charge in [0.05, 0.1) is 47.1 Å². The number of rotatable bonds is 29. The summed E-state index contributed by atoms with van der Waals surface area (Å²) in [5.41, 5.74) is 13.2. The number of ether oxygens (including phenoxy) is 8. The fraction of sp³-hybridized carbons (Fsp3) is 0.158. The lowest BCUT2D eigenvalue weighted by Crippen LogP contribution is -2.13. The number of Topliss-reactive ketones (excluding diaryl/α,β-unsaturated/α-hetero) is 2. The molecule has 1 unspecified atom stereocenters. The molecule has 0 radical (unpaired) electrons. The van der Waals surface area contributed by atoms with E-state index in [9.17, 15) is 38.4 Å². The summed E-state index contributed by atoms with van der Waals surface area (Å²) in [4.78, 5) is 105. The van der Waals surface area contributed by atoms with Gasteiger partial charge in [0.1, 0.15) is 46.0 Å². The Balaban J connectivity index is 0.543. The van der Waals surface area contributed by atoms with Crippen molar-refractivity contribution >= 4 is 47.4 Å². The zero-order valence-electron chi connectivity index (χ0n) is 62.5. The Labute approximate surface area is 644 Å². The molecule has 0 aliphatic rings. The molecule has 0 amide bonds. The minimum atomic E-state index is -0.642. The predicted octanol–water partition coefficient (Wildman–Crippen LogP) is 19.8. The van der Waals surface area contributed by atoms with E-state index in [4.69, 9.17) is 37.9 Å². The maximum Gasteiger partial charge on any atom is 0.343 e. The van der Waals surface area contributed by atoms with Crippen LogP contribution in [0.3, 0.4) is 0 Å². The summed E-state index contributed by atoms with van der Waals surface area (Å²) < 4.78 is 46.4. The minimum Gasteiger partial charge on any atom is -0.496 e. The molecule has 12 aromatic rings. The number of aryl methyl sites for hydroxylation is 4. The standard InChI is InChI=1S/C95H80O16/c1-59-52-66(56-67-26-48-85(60(2)53-67)107-91(99)72-35-37-73(38-36-72)92(100)108-86-50-44-77(55-62(86)4)63(5)76-43-49-83(104-7)61(3)54-76)25-47-84(59)106-90(98)71-33-29-69(30-34-71)82(97)19-14-15-51-105-81-45-23-65(24-46-81)57-78-16-8-11-20-87(78)109-94(102)74-39-41-75(42-40-74)95(103)111-89-22-13-10-18-80(89)58-79-17-9-12-21-88(79)110-93(101)70-31-27-68(28-32-70)64(6)96/h8-13,16-18,20-50,52-55,63H,14-15,19,51,56-58H2,1-7H3. The number of carbonyl (C=O) groups is 8. The van der Waals surface area contributed by atoms with Gasteiger partial charge in [0.2, 0.25) is 0 Å². The monoisotopic (exact) mass is 1480 g/mol. The van der Waals surface area contributed by atoms with Gasteiger partial charge in [0.25, 0.3) is 0 Å². The summed E-state index contributed by atoms with van der Waals surface area (Å²) in [6.07, 6.45) is 2.81. The summed E-state index contributed by atoms with van der Waals surface area (Å²) in [6.45, 7) is 11.6. The van der Waals surface area contributed by atoms with Crippen molar-refractivity contribution in [3.8, 4) is 46.0 Å². The Morgan fingerprint density at radius 2 is 0.631 bits per heavy atom. The van der Waals surface area contributed by atoms with Gasteiger partial charge in [-0.25, -0.2) is 28.8 Å². The van der Waals surface area contributed by atoms with Crippen LogP contribution in [-0.2, 0) is 19.3 Å². The molecule has 0 fully saturated rings. The van der Waals surface area contributed by atoms with Crippen molar-refractivity contribution in [2.75, 3.05) is 13.7 Å². The molecule has 0 saturated heterocycles. The van der Waals surface area contributed by atoms with E-state index in [1.165, 1.54) is 43.3 Å². The molecular weight excluding hydrogens is 1400 g/mol. The van der Waals surface area contributed by atoms with E-state index in [1.54, 1.807) is 122 Å². The van der Waals surface area contributed by atoms with Gasteiger partial charge in [-0.3, -0.25) is 9.59 Å². The number of carbonyl (C=O) groups excluding carboxylic acids is 8.